The van der Waals surface area contributed by atoms with Gasteiger partial charge in [0.15, 0.2) is 5.75 Å². The number of carbonyl (C=O) groups is 1. The summed E-state index contributed by atoms with van der Waals surface area (Å²) in [6.07, 6.45) is -3.50. The van der Waals surface area contributed by atoms with E-state index in [9.17, 15) is 26.1 Å². The maximum absolute atomic E-state index is 11.9. The first kappa shape index (κ1) is 25.2. The van der Waals surface area contributed by atoms with Crippen molar-refractivity contribution >= 4 is 27.6 Å². The SMILES string of the molecule is NC(=O)C(F)(F)F.O=S(=O)(O)c1ccccc1C1CNCCc2c1cc1c(c2Cl)OOCC1. The number of carbonyl (C=O) groups excluding carboxylic acids is 1. The Hall–Kier alpha value is -2.38. The number of fused-ring (bicyclic) bond motifs is 2. The van der Waals surface area contributed by atoms with E-state index in [1.165, 1.54) is 6.07 Å². The van der Waals surface area contributed by atoms with Gasteiger partial charge in [-0.3, -0.25) is 9.35 Å². The van der Waals surface area contributed by atoms with Crippen molar-refractivity contribution in [3.05, 3.63) is 57.6 Å². The summed E-state index contributed by atoms with van der Waals surface area (Å²) in [6.45, 7) is 1.69. The topological polar surface area (TPSA) is 128 Å². The zero-order valence-corrected chi connectivity index (χ0v) is 18.6. The van der Waals surface area contributed by atoms with Gasteiger partial charge in [-0.25, -0.2) is 0 Å². The van der Waals surface area contributed by atoms with E-state index in [0.717, 1.165) is 16.7 Å². The molecule has 0 spiro atoms. The molecule has 0 bridgehead atoms. The third kappa shape index (κ3) is 5.76. The fourth-order valence-electron chi connectivity index (χ4n) is 3.69. The lowest BCUT2D eigenvalue weighted by Gasteiger charge is -2.25. The van der Waals surface area contributed by atoms with Crippen molar-refractivity contribution in [3.63, 3.8) is 0 Å². The zero-order valence-electron chi connectivity index (χ0n) is 17.0. The molecule has 0 radical (unpaired) electrons. The van der Waals surface area contributed by atoms with Gasteiger partial charge in [-0.05, 0) is 35.7 Å². The van der Waals surface area contributed by atoms with Crippen molar-refractivity contribution < 1.29 is 40.7 Å². The summed E-state index contributed by atoms with van der Waals surface area (Å²) in [5.74, 6) is -1.97. The van der Waals surface area contributed by atoms with E-state index in [4.69, 9.17) is 26.2 Å². The predicted octanol–water partition coefficient (Wildman–Crippen LogP) is 2.76. The number of primary amides is 1. The van der Waals surface area contributed by atoms with E-state index in [1.807, 2.05) is 6.07 Å². The van der Waals surface area contributed by atoms with E-state index >= 15 is 0 Å². The Morgan fingerprint density at radius 3 is 2.52 bits per heavy atom. The van der Waals surface area contributed by atoms with Crippen molar-refractivity contribution in [3.8, 4) is 5.75 Å². The first-order chi connectivity index (χ1) is 15.4. The molecule has 0 aromatic heterocycles. The van der Waals surface area contributed by atoms with Crippen LogP contribution in [0.4, 0.5) is 13.2 Å². The summed E-state index contributed by atoms with van der Waals surface area (Å²) in [7, 11) is -4.33. The zero-order chi connectivity index (χ0) is 24.4. The fourth-order valence-corrected chi connectivity index (χ4v) is 4.80. The molecule has 2 aliphatic rings. The molecule has 2 aromatic rings. The van der Waals surface area contributed by atoms with Gasteiger partial charge in [-0.1, -0.05) is 35.9 Å². The molecule has 2 aromatic carbocycles. The Morgan fingerprint density at radius 1 is 1.21 bits per heavy atom. The number of alkyl halides is 3. The number of rotatable bonds is 2. The molecule has 1 unspecified atom stereocenters. The molecule has 1 atom stereocenters. The van der Waals surface area contributed by atoms with Gasteiger partial charge in [0, 0.05) is 24.4 Å². The lowest BCUT2D eigenvalue weighted by atomic mass is 9.86. The summed E-state index contributed by atoms with van der Waals surface area (Å²) in [6, 6.07) is 8.55. The van der Waals surface area contributed by atoms with Crippen LogP contribution in [0.3, 0.4) is 0 Å². The first-order valence-electron chi connectivity index (χ1n) is 9.68. The van der Waals surface area contributed by atoms with Crippen LogP contribution in [0.25, 0.3) is 0 Å². The van der Waals surface area contributed by atoms with Crippen molar-refractivity contribution in [1.82, 2.24) is 5.32 Å². The third-order valence-electron chi connectivity index (χ3n) is 5.16. The van der Waals surface area contributed by atoms with Crippen LogP contribution in [-0.2, 0) is 32.6 Å². The Bertz CT molecular complexity index is 1160. The summed E-state index contributed by atoms with van der Waals surface area (Å²) < 4.78 is 65.5. The Labute approximate surface area is 192 Å². The molecular formula is C20H20ClF3N2O6S. The average molecular weight is 509 g/mol. The quantitative estimate of drug-likeness (QED) is 0.420. The minimum atomic E-state index is -4.86. The first-order valence-corrected chi connectivity index (χ1v) is 11.5. The lowest BCUT2D eigenvalue weighted by molar-refractivity contribution is -0.215. The molecule has 4 N–H and O–H groups in total. The second-order valence-corrected chi connectivity index (χ2v) is 9.05. The minimum Gasteiger partial charge on any atom is -0.362 e. The Kier molecular flexibility index (Phi) is 7.54. The molecule has 2 heterocycles. The maximum Gasteiger partial charge on any atom is 0.470 e. The van der Waals surface area contributed by atoms with Gasteiger partial charge in [0.1, 0.15) is 0 Å². The minimum absolute atomic E-state index is 0.0759. The fraction of sp³-hybridized carbons (Fsp3) is 0.350. The van der Waals surface area contributed by atoms with Gasteiger partial charge in [0.25, 0.3) is 10.1 Å². The van der Waals surface area contributed by atoms with Crippen LogP contribution in [-0.4, -0.2) is 44.8 Å². The number of nitrogens with one attached hydrogen (secondary N) is 1. The van der Waals surface area contributed by atoms with Gasteiger partial charge in [0.2, 0.25) is 0 Å². The summed E-state index contributed by atoms with van der Waals surface area (Å²) >= 11 is 6.60. The summed E-state index contributed by atoms with van der Waals surface area (Å²) in [5, 5.41) is 3.84. The van der Waals surface area contributed by atoms with Gasteiger partial charge < -0.3 is 15.9 Å². The molecule has 0 fully saturated rings. The van der Waals surface area contributed by atoms with Crippen molar-refractivity contribution in [1.29, 1.82) is 0 Å². The van der Waals surface area contributed by atoms with Gasteiger partial charge in [0.05, 0.1) is 16.5 Å². The number of hydrogen-bond donors (Lipinski definition) is 3. The van der Waals surface area contributed by atoms with E-state index in [2.05, 4.69) is 11.1 Å². The van der Waals surface area contributed by atoms with Crippen LogP contribution in [0.1, 0.15) is 28.2 Å². The van der Waals surface area contributed by atoms with Gasteiger partial charge in [-0.15, -0.1) is 0 Å². The molecule has 33 heavy (non-hydrogen) atoms. The maximum atomic E-state index is 11.9. The van der Waals surface area contributed by atoms with E-state index in [0.29, 0.717) is 48.9 Å². The summed E-state index contributed by atoms with van der Waals surface area (Å²) in [4.78, 5) is 19.4. The molecule has 0 aliphatic carbocycles. The third-order valence-corrected chi connectivity index (χ3v) is 6.49. The Balaban J connectivity index is 0.000000383. The second-order valence-electron chi connectivity index (χ2n) is 7.28. The molecule has 2 aliphatic heterocycles. The highest BCUT2D eigenvalue weighted by molar-refractivity contribution is 7.85. The molecule has 1 amide bonds. The van der Waals surface area contributed by atoms with Crippen LogP contribution >= 0.6 is 11.6 Å². The van der Waals surface area contributed by atoms with Crippen molar-refractivity contribution in [2.75, 3.05) is 19.7 Å². The molecular weight excluding hydrogens is 489 g/mol. The number of halogens is 4. The lowest BCUT2D eigenvalue weighted by Crippen LogP contribution is -2.30. The van der Waals surface area contributed by atoms with Crippen LogP contribution in [0, 0.1) is 0 Å². The number of amides is 1. The Morgan fingerprint density at radius 2 is 1.88 bits per heavy atom. The highest BCUT2D eigenvalue weighted by atomic mass is 35.5. The normalized spacial score (nSPS) is 18.0. The molecule has 0 saturated heterocycles. The smallest absolute Gasteiger partial charge is 0.362 e. The van der Waals surface area contributed by atoms with Crippen molar-refractivity contribution in [2.45, 2.75) is 29.8 Å². The van der Waals surface area contributed by atoms with Crippen LogP contribution < -0.4 is 15.9 Å². The average Bonchev–Trinajstić information content (AvgIpc) is 2.96. The number of hydrogen-bond acceptors (Lipinski definition) is 6. The van der Waals surface area contributed by atoms with E-state index in [1.54, 1.807) is 18.2 Å². The highest BCUT2D eigenvalue weighted by Gasteiger charge is 2.35. The number of nitrogens with two attached hydrogens (primary N) is 1. The van der Waals surface area contributed by atoms with E-state index < -0.39 is 22.2 Å². The monoisotopic (exact) mass is 508 g/mol. The molecule has 8 nitrogen and oxygen atoms in total. The predicted molar refractivity (Wildman–Crippen MR) is 112 cm³/mol. The highest BCUT2D eigenvalue weighted by Crippen LogP contribution is 2.42. The van der Waals surface area contributed by atoms with Crippen LogP contribution in [0.5, 0.6) is 5.75 Å². The van der Waals surface area contributed by atoms with Crippen LogP contribution in [0.15, 0.2) is 35.2 Å². The number of benzene rings is 2. The largest absolute Gasteiger partial charge is 0.470 e. The van der Waals surface area contributed by atoms with Gasteiger partial charge in [-0.2, -0.15) is 26.5 Å². The standard InChI is InChI=1S/C18H18ClNO5S.C2H2F3NO/c19-17-13-5-7-20-10-15(12-3-1-2-4-16(12)26(21,22)23)14(13)9-11-6-8-24-25-18(11)17;3-2(4,5)1(6)7/h1-4,9,15,20H,5-8,10H2,(H,21,22,23);(H2,6,7). The molecule has 180 valence electrons. The van der Waals surface area contributed by atoms with Gasteiger partial charge >= 0.3 is 12.1 Å². The molecule has 4 rings (SSSR count). The molecule has 0 saturated carbocycles. The van der Waals surface area contributed by atoms with Crippen LogP contribution in [0.2, 0.25) is 5.02 Å². The summed E-state index contributed by atoms with van der Waals surface area (Å²) in [5.41, 5.74) is 7.17. The second kappa shape index (κ2) is 9.85. The van der Waals surface area contributed by atoms with E-state index in [-0.39, 0.29) is 10.8 Å². The van der Waals surface area contributed by atoms with Crippen molar-refractivity contribution in [2.24, 2.45) is 5.73 Å². The molecule has 13 heteroatoms.